The molecule has 2 aromatic heterocycles. The van der Waals surface area contributed by atoms with Crippen LogP contribution in [0, 0.1) is 0 Å². The van der Waals surface area contributed by atoms with Crippen molar-refractivity contribution in [2.45, 2.75) is 12.5 Å². The van der Waals surface area contributed by atoms with Crippen LogP contribution in [0.1, 0.15) is 22.4 Å². The molecule has 2 heterocycles. The van der Waals surface area contributed by atoms with Crippen LogP contribution < -0.4 is 5.32 Å². The minimum atomic E-state index is -1.20. The molecule has 0 aliphatic heterocycles. The number of thiazole rings is 1. The largest absolute Gasteiger partial charge is 0.466 e. The van der Waals surface area contributed by atoms with Crippen LogP contribution in [0.5, 0.6) is 0 Å². The second-order valence-corrected chi connectivity index (χ2v) is 5.59. The number of rotatable bonds is 5. The van der Waals surface area contributed by atoms with Crippen LogP contribution in [0.25, 0.3) is 0 Å². The highest BCUT2D eigenvalue weighted by atomic mass is 35.5. The highest BCUT2D eigenvalue weighted by Crippen LogP contribution is 2.29. The first-order valence-electron chi connectivity index (χ1n) is 5.69. The number of hydrogen-bond donors (Lipinski definition) is 2. The predicted octanol–water partition coefficient (Wildman–Crippen LogP) is 2.50. The predicted molar refractivity (Wildman–Crippen MR) is 75.2 cm³/mol. The van der Waals surface area contributed by atoms with Gasteiger partial charge in [0, 0.05) is 0 Å². The lowest BCUT2D eigenvalue weighted by molar-refractivity contribution is 0.0476. The first-order valence-corrected chi connectivity index (χ1v) is 6.88. The van der Waals surface area contributed by atoms with Crippen molar-refractivity contribution >= 4 is 34.0 Å². The fraction of sp³-hybridized carbons (Fsp3) is 0.333. The quantitative estimate of drug-likeness (QED) is 0.824. The van der Waals surface area contributed by atoms with Crippen molar-refractivity contribution in [1.82, 2.24) is 4.98 Å². The van der Waals surface area contributed by atoms with Crippen molar-refractivity contribution < 1.29 is 19.1 Å². The number of esters is 1. The highest BCUT2D eigenvalue weighted by Gasteiger charge is 2.27. The van der Waals surface area contributed by atoms with Gasteiger partial charge in [0.15, 0.2) is 15.2 Å². The Hall–Kier alpha value is -1.57. The minimum absolute atomic E-state index is 0.0713. The molecule has 2 rings (SSSR count). The number of methoxy groups -OCH3 is 1. The van der Waals surface area contributed by atoms with Gasteiger partial charge in [-0.3, -0.25) is 0 Å². The van der Waals surface area contributed by atoms with Crippen molar-refractivity contribution in [3.05, 3.63) is 34.2 Å². The van der Waals surface area contributed by atoms with Crippen molar-refractivity contribution in [3.63, 3.8) is 0 Å². The number of aromatic nitrogens is 1. The third kappa shape index (κ3) is 3.12. The number of nitrogens with one attached hydrogen (secondary N) is 1. The van der Waals surface area contributed by atoms with Gasteiger partial charge in [0.2, 0.25) is 0 Å². The lowest BCUT2D eigenvalue weighted by Gasteiger charge is -2.20. The Labute approximate surface area is 124 Å². The minimum Gasteiger partial charge on any atom is -0.466 e. The summed E-state index contributed by atoms with van der Waals surface area (Å²) in [7, 11) is 1.27. The molecule has 0 aliphatic rings. The topological polar surface area (TPSA) is 84.6 Å². The van der Waals surface area contributed by atoms with E-state index in [1.54, 1.807) is 19.1 Å². The molecule has 1 unspecified atom stereocenters. The smallest absolute Gasteiger partial charge is 0.351 e. The van der Waals surface area contributed by atoms with Gasteiger partial charge in [-0.05, 0) is 19.1 Å². The molecule has 2 N–H and O–H groups in total. The molecule has 0 fully saturated rings. The van der Waals surface area contributed by atoms with Crippen LogP contribution in [0.15, 0.2) is 22.8 Å². The van der Waals surface area contributed by atoms with E-state index in [0.717, 1.165) is 11.3 Å². The fourth-order valence-electron chi connectivity index (χ4n) is 1.52. The molecular weight excluding hydrogens is 304 g/mol. The van der Waals surface area contributed by atoms with E-state index in [1.807, 2.05) is 0 Å². The molecule has 0 spiro atoms. The van der Waals surface area contributed by atoms with Crippen LogP contribution >= 0.6 is 22.9 Å². The maximum atomic E-state index is 11.4. The Kier molecular flexibility index (Phi) is 4.32. The van der Waals surface area contributed by atoms with Crippen molar-refractivity contribution in [3.8, 4) is 0 Å². The van der Waals surface area contributed by atoms with E-state index in [2.05, 4.69) is 15.0 Å². The standard InChI is InChI=1S/C12H13ClN2O4S/c1-12(17,7-4-3-5-19-7)6-14-11-15-9(13)8(20-11)10(16)18-2/h3-5,17H,6H2,1-2H3,(H,14,15). The Morgan fingerprint density at radius 1 is 1.70 bits per heavy atom. The molecule has 0 aliphatic carbocycles. The van der Waals surface area contributed by atoms with Gasteiger partial charge in [-0.2, -0.15) is 0 Å². The van der Waals surface area contributed by atoms with E-state index in [9.17, 15) is 9.90 Å². The summed E-state index contributed by atoms with van der Waals surface area (Å²) in [6.07, 6.45) is 1.49. The van der Waals surface area contributed by atoms with Gasteiger partial charge in [0.1, 0.15) is 11.4 Å². The van der Waals surface area contributed by atoms with Gasteiger partial charge in [0.25, 0.3) is 0 Å². The van der Waals surface area contributed by atoms with E-state index >= 15 is 0 Å². The number of furan rings is 1. The average Bonchev–Trinajstić information content (AvgIpc) is 3.05. The van der Waals surface area contributed by atoms with Gasteiger partial charge < -0.3 is 19.6 Å². The SMILES string of the molecule is COC(=O)c1sc(NCC(C)(O)c2ccco2)nc1Cl. The highest BCUT2D eigenvalue weighted by molar-refractivity contribution is 7.18. The lowest BCUT2D eigenvalue weighted by atomic mass is 10.0. The summed E-state index contributed by atoms with van der Waals surface area (Å²) in [4.78, 5) is 15.6. The summed E-state index contributed by atoms with van der Waals surface area (Å²) in [6.45, 7) is 1.76. The maximum Gasteiger partial charge on any atom is 0.351 e. The number of hydrogen-bond acceptors (Lipinski definition) is 7. The monoisotopic (exact) mass is 316 g/mol. The van der Waals surface area contributed by atoms with Crippen molar-refractivity contribution in [1.29, 1.82) is 0 Å². The first-order chi connectivity index (χ1) is 9.44. The van der Waals surface area contributed by atoms with Crippen molar-refractivity contribution in [2.24, 2.45) is 0 Å². The summed E-state index contributed by atoms with van der Waals surface area (Å²) in [5.41, 5.74) is -1.20. The molecule has 0 aromatic carbocycles. The number of aliphatic hydroxyl groups is 1. The number of carbonyl (C=O) groups is 1. The molecule has 6 nitrogen and oxygen atoms in total. The first kappa shape index (κ1) is 14.8. The molecule has 0 bridgehead atoms. The second kappa shape index (κ2) is 5.82. The maximum absolute atomic E-state index is 11.4. The van der Waals surface area contributed by atoms with Gasteiger partial charge in [-0.25, -0.2) is 9.78 Å². The second-order valence-electron chi connectivity index (χ2n) is 4.24. The zero-order chi connectivity index (χ0) is 14.8. The van der Waals surface area contributed by atoms with Gasteiger partial charge in [-0.15, -0.1) is 0 Å². The third-order valence-electron chi connectivity index (χ3n) is 2.59. The summed E-state index contributed by atoms with van der Waals surface area (Å²) in [5.74, 6) is -0.112. The number of halogens is 1. The van der Waals surface area contributed by atoms with Crippen molar-refractivity contribution in [2.75, 3.05) is 19.0 Å². The number of carbonyl (C=O) groups excluding carboxylic acids is 1. The number of ether oxygens (including phenoxy) is 1. The van der Waals surface area contributed by atoms with E-state index in [-0.39, 0.29) is 16.6 Å². The van der Waals surface area contributed by atoms with Gasteiger partial charge >= 0.3 is 5.97 Å². The fourth-order valence-corrected chi connectivity index (χ4v) is 2.61. The molecule has 0 saturated carbocycles. The zero-order valence-corrected chi connectivity index (χ0v) is 12.4. The molecule has 0 amide bonds. The summed E-state index contributed by atoms with van der Waals surface area (Å²) in [6, 6.07) is 3.37. The Morgan fingerprint density at radius 3 is 3.05 bits per heavy atom. The average molecular weight is 317 g/mol. The van der Waals surface area contributed by atoms with Crippen LogP contribution in [0.3, 0.4) is 0 Å². The lowest BCUT2D eigenvalue weighted by Crippen LogP contribution is -2.30. The Bertz CT molecular complexity index is 595. The molecular formula is C12H13ClN2O4S. The van der Waals surface area contributed by atoms with E-state index < -0.39 is 11.6 Å². The molecule has 108 valence electrons. The number of nitrogens with zero attached hydrogens (tertiary/aromatic N) is 1. The zero-order valence-electron chi connectivity index (χ0n) is 10.8. The van der Waals surface area contributed by atoms with Crippen LogP contribution in [0.4, 0.5) is 5.13 Å². The molecule has 0 radical (unpaired) electrons. The van der Waals surface area contributed by atoms with E-state index in [1.165, 1.54) is 13.4 Å². The van der Waals surface area contributed by atoms with Gasteiger partial charge in [-0.1, -0.05) is 22.9 Å². The molecule has 1 atom stereocenters. The Balaban J connectivity index is 2.06. The van der Waals surface area contributed by atoms with Crippen LogP contribution in [-0.4, -0.2) is 29.7 Å². The van der Waals surface area contributed by atoms with Crippen LogP contribution in [0.2, 0.25) is 5.15 Å². The molecule has 8 heteroatoms. The van der Waals surface area contributed by atoms with Gasteiger partial charge in [0.05, 0.1) is 19.9 Å². The normalized spacial score (nSPS) is 13.8. The molecule has 20 heavy (non-hydrogen) atoms. The molecule has 2 aromatic rings. The van der Waals surface area contributed by atoms with E-state index in [0.29, 0.717) is 10.9 Å². The molecule has 0 saturated heterocycles. The number of anilines is 1. The summed E-state index contributed by atoms with van der Waals surface area (Å²) >= 11 is 6.91. The third-order valence-corrected chi connectivity index (χ3v) is 3.97. The van der Waals surface area contributed by atoms with Crippen LogP contribution in [-0.2, 0) is 10.3 Å². The summed E-state index contributed by atoms with van der Waals surface area (Å²) in [5, 5.41) is 13.7. The Morgan fingerprint density at radius 2 is 2.45 bits per heavy atom. The van der Waals surface area contributed by atoms with E-state index in [4.69, 9.17) is 16.0 Å². The summed E-state index contributed by atoms with van der Waals surface area (Å²) < 4.78 is 9.75.